The predicted octanol–water partition coefficient (Wildman–Crippen LogP) is 2.96. The Morgan fingerprint density at radius 3 is 2.33 bits per heavy atom. The van der Waals surface area contributed by atoms with Crippen LogP contribution in [0.2, 0.25) is 0 Å². The standard InChI is InChI=1S/C19H19BrN2O5/c1-13(23)26-15-5-2-4-14(12-15)18(24)21-8-3-9-22(11-10-21)19(25)16-6-7-17(20)27-16/h2,4-7,12H,3,8-11H2,1H3. The first-order valence-electron chi connectivity index (χ1n) is 8.56. The van der Waals surface area contributed by atoms with Gasteiger partial charge >= 0.3 is 5.97 Å². The Labute approximate surface area is 165 Å². The third-order valence-electron chi connectivity index (χ3n) is 4.20. The van der Waals surface area contributed by atoms with Gasteiger partial charge in [0.15, 0.2) is 10.4 Å². The second-order valence-corrected chi connectivity index (χ2v) is 6.94. The molecule has 0 atom stereocenters. The summed E-state index contributed by atoms with van der Waals surface area (Å²) < 4.78 is 10.9. The van der Waals surface area contributed by atoms with Gasteiger partial charge in [-0.1, -0.05) is 6.07 Å². The summed E-state index contributed by atoms with van der Waals surface area (Å²) in [5.74, 6) is -0.168. The lowest BCUT2D eigenvalue weighted by atomic mass is 10.2. The molecule has 1 fully saturated rings. The number of furan rings is 1. The SMILES string of the molecule is CC(=O)Oc1cccc(C(=O)N2CCCN(C(=O)c3ccc(Br)o3)CC2)c1. The lowest BCUT2D eigenvalue weighted by Gasteiger charge is -2.22. The minimum atomic E-state index is -0.437. The molecular weight excluding hydrogens is 416 g/mol. The average Bonchev–Trinajstić information content (AvgIpc) is 2.92. The molecule has 0 radical (unpaired) electrons. The van der Waals surface area contributed by atoms with Crippen LogP contribution in [0.15, 0.2) is 45.5 Å². The van der Waals surface area contributed by atoms with E-state index in [2.05, 4.69) is 15.9 Å². The zero-order valence-corrected chi connectivity index (χ0v) is 16.4. The Morgan fingerprint density at radius 1 is 1.00 bits per heavy atom. The van der Waals surface area contributed by atoms with E-state index in [0.717, 1.165) is 0 Å². The molecule has 1 aromatic carbocycles. The van der Waals surface area contributed by atoms with Crippen molar-refractivity contribution in [1.82, 2.24) is 9.80 Å². The maximum Gasteiger partial charge on any atom is 0.308 e. The fourth-order valence-corrected chi connectivity index (χ4v) is 3.26. The molecule has 142 valence electrons. The van der Waals surface area contributed by atoms with Crippen molar-refractivity contribution in [2.45, 2.75) is 13.3 Å². The predicted molar refractivity (Wildman–Crippen MR) is 101 cm³/mol. The summed E-state index contributed by atoms with van der Waals surface area (Å²) >= 11 is 3.19. The van der Waals surface area contributed by atoms with Crippen LogP contribution in [0.1, 0.15) is 34.3 Å². The van der Waals surface area contributed by atoms with E-state index in [0.29, 0.717) is 48.6 Å². The van der Waals surface area contributed by atoms with E-state index >= 15 is 0 Å². The van der Waals surface area contributed by atoms with E-state index in [-0.39, 0.29) is 17.6 Å². The van der Waals surface area contributed by atoms with Gasteiger partial charge in [0.05, 0.1) is 0 Å². The zero-order valence-electron chi connectivity index (χ0n) is 14.8. The van der Waals surface area contributed by atoms with Crippen molar-refractivity contribution in [3.05, 3.63) is 52.4 Å². The van der Waals surface area contributed by atoms with Crippen LogP contribution in [0.4, 0.5) is 0 Å². The second kappa shape index (κ2) is 8.39. The number of benzene rings is 1. The van der Waals surface area contributed by atoms with E-state index in [1.165, 1.54) is 6.92 Å². The van der Waals surface area contributed by atoms with E-state index < -0.39 is 5.97 Å². The van der Waals surface area contributed by atoms with Crippen LogP contribution in [-0.2, 0) is 4.79 Å². The van der Waals surface area contributed by atoms with Crippen LogP contribution in [0.25, 0.3) is 0 Å². The number of carbonyl (C=O) groups excluding carboxylic acids is 3. The minimum absolute atomic E-state index is 0.154. The molecule has 8 heteroatoms. The normalized spacial score (nSPS) is 14.6. The molecule has 0 spiro atoms. The van der Waals surface area contributed by atoms with Crippen molar-refractivity contribution in [3.63, 3.8) is 0 Å². The molecule has 2 aromatic rings. The minimum Gasteiger partial charge on any atom is -0.444 e. The molecular formula is C19H19BrN2O5. The smallest absolute Gasteiger partial charge is 0.308 e. The first-order chi connectivity index (χ1) is 12.9. The topological polar surface area (TPSA) is 80.1 Å². The molecule has 27 heavy (non-hydrogen) atoms. The lowest BCUT2D eigenvalue weighted by molar-refractivity contribution is -0.131. The summed E-state index contributed by atoms with van der Waals surface area (Å²) in [4.78, 5) is 39.8. The van der Waals surface area contributed by atoms with Crippen LogP contribution < -0.4 is 4.74 Å². The third-order valence-corrected chi connectivity index (χ3v) is 4.62. The van der Waals surface area contributed by atoms with Crippen molar-refractivity contribution < 1.29 is 23.5 Å². The van der Waals surface area contributed by atoms with E-state index in [9.17, 15) is 14.4 Å². The highest BCUT2D eigenvalue weighted by atomic mass is 79.9. The van der Waals surface area contributed by atoms with Crippen LogP contribution in [0.5, 0.6) is 5.75 Å². The second-order valence-electron chi connectivity index (χ2n) is 6.16. The van der Waals surface area contributed by atoms with E-state index in [1.54, 1.807) is 46.2 Å². The maximum atomic E-state index is 12.8. The fraction of sp³-hybridized carbons (Fsp3) is 0.316. The van der Waals surface area contributed by atoms with E-state index in [4.69, 9.17) is 9.15 Å². The summed E-state index contributed by atoms with van der Waals surface area (Å²) in [7, 11) is 0. The van der Waals surface area contributed by atoms with Gasteiger partial charge in [0, 0.05) is 38.7 Å². The van der Waals surface area contributed by atoms with Gasteiger partial charge in [-0.3, -0.25) is 14.4 Å². The van der Waals surface area contributed by atoms with E-state index in [1.807, 2.05) is 0 Å². The molecule has 0 aliphatic carbocycles. The summed E-state index contributed by atoms with van der Waals surface area (Å²) in [6.45, 7) is 3.25. The number of nitrogens with zero attached hydrogens (tertiary/aromatic N) is 2. The van der Waals surface area contributed by atoms with Crippen molar-refractivity contribution in [1.29, 1.82) is 0 Å². The molecule has 1 aliphatic rings. The molecule has 3 rings (SSSR count). The van der Waals surface area contributed by atoms with Crippen LogP contribution in [0, 0.1) is 0 Å². The molecule has 0 unspecified atom stereocenters. The van der Waals surface area contributed by atoms with Crippen LogP contribution in [0.3, 0.4) is 0 Å². The van der Waals surface area contributed by atoms with Crippen molar-refractivity contribution in [2.24, 2.45) is 0 Å². The first kappa shape index (κ1) is 19.2. The van der Waals surface area contributed by atoms with Gasteiger partial charge in [-0.05, 0) is 52.7 Å². The Balaban J connectivity index is 1.66. The summed E-state index contributed by atoms with van der Waals surface area (Å²) in [5, 5.41) is 0. The molecule has 2 heterocycles. The zero-order chi connectivity index (χ0) is 19.4. The van der Waals surface area contributed by atoms with Gasteiger partial charge in [0.25, 0.3) is 11.8 Å². The molecule has 0 bridgehead atoms. The number of ether oxygens (including phenoxy) is 1. The summed E-state index contributed by atoms with van der Waals surface area (Å²) in [5.41, 5.74) is 0.448. The average molecular weight is 435 g/mol. The molecule has 1 aromatic heterocycles. The van der Waals surface area contributed by atoms with Crippen molar-refractivity contribution in [3.8, 4) is 5.75 Å². The van der Waals surface area contributed by atoms with Crippen molar-refractivity contribution >= 4 is 33.7 Å². The summed E-state index contributed by atoms with van der Waals surface area (Å²) in [6.07, 6.45) is 0.670. The van der Waals surface area contributed by atoms with Gasteiger partial charge < -0.3 is 19.0 Å². The maximum absolute atomic E-state index is 12.8. The molecule has 2 amide bonds. The Hall–Kier alpha value is -2.61. The van der Waals surface area contributed by atoms with Crippen LogP contribution >= 0.6 is 15.9 Å². The van der Waals surface area contributed by atoms with Gasteiger partial charge in [-0.25, -0.2) is 0 Å². The Kier molecular flexibility index (Phi) is 5.95. The molecule has 1 saturated heterocycles. The number of amides is 2. The molecule has 1 aliphatic heterocycles. The molecule has 0 N–H and O–H groups in total. The highest BCUT2D eigenvalue weighted by molar-refractivity contribution is 9.10. The number of rotatable bonds is 3. The molecule has 7 nitrogen and oxygen atoms in total. The Bertz CT molecular complexity index is 863. The lowest BCUT2D eigenvalue weighted by Crippen LogP contribution is -2.37. The van der Waals surface area contributed by atoms with Gasteiger partial charge in [0.2, 0.25) is 0 Å². The first-order valence-corrected chi connectivity index (χ1v) is 9.36. The monoisotopic (exact) mass is 434 g/mol. The fourth-order valence-electron chi connectivity index (χ4n) is 2.95. The largest absolute Gasteiger partial charge is 0.444 e. The number of halogens is 1. The van der Waals surface area contributed by atoms with Crippen LogP contribution in [-0.4, -0.2) is 53.8 Å². The number of carbonyl (C=O) groups is 3. The Morgan fingerprint density at radius 2 is 1.70 bits per heavy atom. The number of esters is 1. The van der Waals surface area contributed by atoms with Gasteiger partial charge in [-0.2, -0.15) is 0 Å². The highest BCUT2D eigenvalue weighted by Crippen LogP contribution is 2.19. The molecule has 0 saturated carbocycles. The van der Waals surface area contributed by atoms with Crippen molar-refractivity contribution in [2.75, 3.05) is 26.2 Å². The third kappa shape index (κ3) is 4.77. The van der Waals surface area contributed by atoms with Gasteiger partial charge in [0.1, 0.15) is 5.75 Å². The number of hydrogen-bond donors (Lipinski definition) is 0. The van der Waals surface area contributed by atoms with Gasteiger partial charge in [-0.15, -0.1) is 0 Å². The quantitative estimate of drug-likeness (QED) is 0.547. The summed E-state index contributed by atoms with van der Waals surface area (Å²) in [6, 6.07) is 9.84. The number of hydrogen-bond acceptors (Lipinski definition) is 5. The highest BCUT2D eigenvalue weighted by Gasteiger charge is 2.25.